The fraction of sp³-hybridized carbons (Fsp3) is 0.0769. The maximum Gasteiger partial charge on any atom is 0.0443 e. The summed E-state index contributed by atoms with van der Waals surface area (Å²) in [5.74, 6) is 0. The Kier molecular flexibility index (Phi) is 3.37. The van der Waals surface area contributed by atoms with Gasteiger partial charge in [0.15, 0.2) is 0 Å². The van der Waals surface area contributed by atoms with Crippen LogP contribution in [0.3, 0.4) is 0 Å². The molecule has 0 unspecified atom stereocenters. The fourth-order valence-electron chi connectivity index (χ4n) is 1.31. The number of rotatable bonds is 3. The van der Waals surface area contributed by atoms with Gasteiger partial charge in [-0.25, -0.2) is 0 Å². The van der Waals surface area contributed by atoms with Crippen LogP contribution in [0.5, 0.6) is 0 Å². The first kappa shape index (κ1) is 10.9. The smallest absolute Gasteiger partial charge is 0.0443 e. The van der Waals surface area contributed by atoms with Crippen LogP contribution in [-0.4, -0.2) is 0 Å². The van der Waals surface area contributed by atoms with Gasteiger partial charge in [0.05, 0.1) is 0 Å². The van der Waals surface area contributed by atoms with Gasteiger partial charge in [0.25, 0.3) is 0 Å². The van der Waals surface area contributed by atoms with Crippen LogP contribution in [0.4, 0.5) is 11.4 Å². The highest BCUT2D eigenvalue weighted by Crippen LogP contribution is 2.24. The Hall–Kier alpha value is -1.61. The number of hydrogen-bond acceptors (Lipinski definition) is 3. The number of nitrogens with one attached hydrogen (secondary N) is 1. The van der Waals surface area contributed by atoms with Crippen LogP contribution >= 0.6 is 11.9 Å². The number of anilines is 2. The van der Waals surface area contributed by atoms with Crippen molar-refractivity contribution in [3.63, 3.8) is 0 Å². The van der Waals surface area contributed by atoms with Gasteiger partial charge < -0.3 is 10.5 Å². The Balaban J connectivity index is 2.03. The highest BCUT2D eigenvalue weighted by molar-refractivity contribution is 8.00. The molecule has 2 aromatic carbocycles. The first-order valence-electron chi connectivity index (χ1n) is 5.10. The highest BCUT2D eigenvalue weighted by atomic mass is 32.2. The first-order valence-corrected chi connectivity index (χ1v) is 5.91. The number of hydrogen-bond donors (Lipinski definition) is 2. The van der Waals surface area contributed by atoms with Gasteiger partial charge >= 0.3 is 0 Å². The van der Waals surface area contributed by atoms with Crippen LogP contribution in [0.25, 0.3) is 0 Å². The molecule has 0 aliphatic carbocycles. The molecule has 0 aliphatic heterocycles. The Morgan fingerprint density at radius 3 is 2.50 bits per heavy atom. The molecule has 2 nitrogen and oxygen atoms in total. The summed E-state index contributed by atoms with van der Waals surface area (Å²) in [6.45, 7) is 2.01. The van der Waals surface area contributed by atoms with Crippen LogP contribution in [0.15, 0.2) is 53.4 Å². The first-order chi connectivity index (χ1) is 7.75. The van der Waals surface area contributed by atoms with Gasteiger partial charge in [-0.2, -0.15) is 0 Å². The Bertz CT molecular complexity index is 469. The quantitative estimate of drug-likeness (QED) is 0.623. The minimum atomic E-state index is 0.833. The molecule has 0 radical (unpaired) electrons. The van der Waals surface area contributed by atoms with Crippen molar-refractivity contribution in [2.45, 2.75) is 11.8 Å². The second kappa shape index (κ2) is 4.94. The predicted molar refractivity (Wildman–Crippen MR) is 71.5 cm³/mol. The van der Waals surface area contributed by atoms with Crippen molar-refractivity contribution in [2.24, 2.45) is 0 Å². The summed E-state index contributed by atoms with van der Waals surface area (Å²) in [4.78, 5) is 1.12. The van der Waals surface area contributed by atoms with E-state index in [2.05, 4.69) is 10.8 Å². The zero-order valence-electron chi connectivity index (χ0n) is 9.10. The van der Waals surface area contributed by atoms with Gasteiger partial charge in [0.1, 0.15) is 0 Å². The summed E-state index contributed by atoms with van der Waals surface area (Å²) in [5, 5.41) is 0. The standard InChI is InChI=1S/C13H14N2S/c1-10-7-8-12(9-13(10)14)16-15-11-5-3-2-4-6-11/h2-9,15H,14H2,1H3. The second-order valence-corrected chi connectivity index (χ2v) is 4.47. The van der Waals surface area contributed by atoms with Gasteiger partial charge in [-0.05, 0) is 48.7 Å². The van der Waals surface area contributed by atoms with Crippen molar-refractivity contribution < 1.29 is 0 Å². The van der Waals surface area contributed by atoms with E-state index in [4.69, 9.17) is 5.73 Å². The number of nitrogen functional groups attached to an aromatic ring is 1. The third kappa shape index (κ3) is 2.70. The zero-order chi connectivity index (χ0) is 11.4. The number of benzene rings is 2. The summed E-state index contributed by atoms with van der Waals surface area (Å²) in [6, 6.07) is 16.2. The highest BCUT2D eigenvalue weighted by Gasteiger charge is 1.97. The molecule has 0 saturated heterocycles. The topological polar surface area (TPSA) is 38.0 Å². The van der Waals surface area contributed by atoms with Crippen molar-refractivity contribution >= 4 is 23.3 Å². The minimum absolute atomic E-state index is 0.833. The third-order valence-electron chi connectivity index (χ3n) is 2.31. The molecule has 2 aromatic rings. The molecule has 0 bridgehead atoms. The third-order valence-corrected chi connectivity index (χ3v) is 3.14. The van der Waals surface area contributed by atoms with E-state index < -0.39 is 0 Å². The molecule has 0 aromatic heterocycles. The molecule has 2 rings (SSSR count). The van der Waals surface area contributed by atoms with Crippen LogP contribution in [0.1, 0.15) is 5.56 Å². The van der Waals surface area contributed by atoms with Crippen LogP contribution < -0.4 is 10.5 Å². The van der Waals surface area contributed by atoms with E-state index in [0.29, 0.717) is 0 Å². The molecule has 0 amide bonds. The molecule has 0 aliphatic rings. The molecular formula is C13H14N2S. The van der Waals surface area contributed by atoms with E-state index in [0.717, 1.165) is 21.8 Å². The maximum absolute atomic E-state index is 5.85. The van der Waals surface area contributed by atoms with E-state index in [1.165, 1.54) is 0 Å². The van der Waals surface area contributed by atoms with Crippen LogP contribution in [0.2, 0.25) is 0 Å². The Morgan fingerprint density at radius 1 is 1.06 bits per heavy atom. The lowest BCUT2D eigenvalue weighted by atomic mass is 10.2. The lowest BCUT2D eigenvalue weighted by Gasteiger charge is -2.06. The van der Waals surface area contributed by atoms with E-state index in [1.807, 2.05) is 49.4 Å². The van der Waals surface area contributed by atoms with E-state index in [9.17, 15) is 0 Å². The Labute approximate surface area is 100 Å². The van der Waals surface area contributed by atoms with Crippen molar-refractivity contribution in [3.05, 3.63) is 54.1 Å². The summed E-state index contributed by atoms with van der Waals surface area (Å²) < 4.78 is 3.27. The Morgan fingerprint density at radius 2 is 1.81 bits per heavy atom. The minimum Gasteiger partial charge on any atom is -0.398 e. The van der Waals surface area contributed by atoms with Crippen molar-refractivity contribution in [1.29, 1.82) is 0 Å². The maximum atomic E-state index is 5.85. The number of para-hydroxylation sites is 1. The van der Waals surface area contributed by atoms with Crippen molar-refractivity contribution in [2.75, 3.05) is 10.5 Å². The monoisotopic (exact) mass is 230 g/mol. The lowest BCUT2D eigenvalue weighted by Crippen LogP contribution is -1.91. The number of nitrogens with two attached hydrogens (primary N) is 1. The van der Waals surface area contributed by atoms with Gasteiger partial charge in [-0.1, -0.05) is 24.3 Å². The normalized spacial score (nSPS) is 10.1. The lowest BCUT2D eigenvalue weighted by molar-refractivity contribution is 1.38. The molecule has 0 atom stereocenters. The molecule has 0 fully saturated rings. The van der Waals surface area contributed by atoms with E-state index in [-0.39, 0.29) is 0 Å². The molecule has 0 heterocycles. The summed E-state index contributed by atoms with van der Waals surface area (Å²) in [5.41, 5.74) is 8.89. The average molecular weight is 230 g/mol. The van der Waals surface area contributed by atoms with Gasteiger partial charge in [0.2, 0.25) is 0 Å². The predicted octanol–water partition coefficient (Wildman–Crippen LogP) is 3.70. The van der Waals surface area contributed by atoms with Gasteiger partial charge in [-0.3, -0.25) is 0 Å². The SMILES string of the molecule is Cc1ccc(SNc2ccccc2)cc1N. The fourth-order valence-corrected chi connectivity index (χ4v) is 2.00. The average Bonchev–Trinajstić information content (AvgIpc) is 2.32. The van der Waals surface area contributed by atoms with Crippen LogP contribution in [0, 0.1) is 6.92 Å². The van der Waals surface area contributed by atoms with Crippen molar-refractivity contribution in [3.8, 4) is 0 Å². The summed E-state index contributed by atoms with van der Waals surface area (Å²) in [6.07, 6.45) is 0. The second-order valence-electron chi connectivity index (χ2n) is 3.59. The molecular weight excluding hydrogens is 216 g/mol. The summed E-state index contributed by atoms with van der Waals surface area (Å²) >= 11 is 1.57. The molecule has 16 heavy (non-hydrogen) atoms. The zero-order valence-corrected chi connectivity index (χ0v) is 9.92. The summed E-state index contributed by atoms with van der Waals surface area (Å²) in [7, 11) is 0. The van der Waals surface area contributed by atoms with Gasteiger partial charge in [0, 0.05) is 16.3 Å². The van der Waals surface area contributed by atoms with E-state index >= 15 is 0 Å². The van der Waals surface area contributed by atoms with E-state index in [1.54, 1.807) is 11.9 Å². The molecule has 3 heteroatoms. The molecule has 82 valence electrons. The number of aryl methyl sites for hydroxylation is 1. The molecule has 3 N–H and O–H groups in total. The van der Waals surface area contributed by atoms with Crippen molar-refractivity contribution in [1.82, 2.24) is 0 Å². The largest absolute Gasteiger partial charge is 0.398 e. The molecule has 0 spiro atoms. The van der Waals surface area contributed by atoms with Gasteiger partial charge in [-0.15, -0.1) is 0 Å². The van der Waals surface area contributed by atoms with Crippen LogP contribution in [-0.2, 0) is 0 Å². The molecule has 0 saturated carbocycles.